The molecule has 0 aliphatic heterocycles. The molecule has 3 rings (SSSR count). The second kappa shape index (κ2) is 4.10. The van der Waals surface area contributed by atoms with E-state index < -0.39 is 0 Å². The van der Waals surface area contributed by atoms with Crippen molar-refractivity contribution in [3.05, 3.63) is 57.5 Å². The van der Waals surface area contributed by atoms with Gasteiger partial charge in [-0.1, -0.05) is 17.7 Å². The maximum absolute atomic E-state index is 12.3. The highest BCUT2D eigenvalue weighted by atomic mass is 32.1. The molecular formula is C15H12O2S. The van der Waals surface area contributed by atoms with Crippen LogP contribution in [0.4, 0.5) is 0 Å². The van der Waals surface area contributed by atoms with Crippen LogP contribution >= 0.6 is 11.3 Å². The van der Waals surface area contributed by atoms with Gasteiger partial charge >= 0.3 is 0 Å². The van der Waals surface area contributed by atoms with Gasteiger partial charge in [0, 0.05) is 10.9 Å². The van der Waals surface area contributed by atoms with Gasteiger partial charge in [-0.2, -0.15) is 0 Å². The number of furan rings is 1. The number of carbonyl (C=O) groups excluding carboxylic acids is 1. The lowest BCUT2D eigenvalue weighted by atomic mass is 10.1. The third-order valence-electron chi connectivity index (χ3n) is 3.04. The van der Waals surface area contributed by atoms with Crippen molar-refractivity contribution < 1.29 is 9.21 Å². The van der Waals surface area contributed by atoms with Gasteiger partial charge < -0.3 is 4.42 Å². The summed E-state index contributed by atoms with van der Waals surface area (Å²) in [5.41, 5.74) is 2.87. The Morgan fingerprint density at radius 1 is 1.22 bits per heavy atom. The maximum Gasteiger partial charge on any atom is 0.238 e. The average Bonchev–Trinajstić information content (AvgIpc) is 2.98. The number of ketones is 1. The Hall–Kier alpha value is -1.87. The van der Waals surface area contributed by atoms with Crippen molar-refractivity contribution in [2.45, 2.75) is 13.8 Å². The van der Waals surface area contributed by atoms with E-state index in [1.54, 1.807) is 0 Å². The zero-order chi connectivity index (χ0) is 12.7. The van der Waals surface area contributed by atoms with Gasteiger partial charge in [-0.15, -0.1) is 11.3 Å². The summed E-state index contributed by atoms with van der Waals surface area (Å²) in [6.45, 7) is 3.97. The Labute approximate surface area is 109 Å². The molecule has 1 aromatic carbocycles. The normalized spacial score (nSPS) is 11.0. The van der Waals surface area contributed by atoms with Gasteiger partial charge in [0.25, 0.3) is 0 Å². The summed E-state index contributed by atoms with van der Waals surface area (Å²) in [5.74, 6) is 0.425. The first-order valence-electron chi connectivity index (χ1n) is 5.75. The second-order valence-corrected chi connectivity index (χ2v) is 5.31. The van der Waals surface area contributed by atoms with Crippen LogP contribution in [0.2, 0.25) is 0 Å². The van der Waals surface area contributed by atoms with Crippen molar-refractivity contribution in [2.24, 2.45) is 0 Å². The fourth-order valence-corrected chi connectivity index (χ4v) is 2.73. The Morgan fingerprint density at radius 3 is 2.78 bits per heavy atom. The van der Waals surface area contributed by atoms with Crippen LogP contribution in [0, 0.1) is 13.8 Å². The average molecular weight is 256 g/mol. The van der Waals surface area contributed by atoms with Gasteiger partial charge in [-0.05, 0) is 37.4 Å². The minimum atomic E-state index is -0.0312. The predicted octanol–water partition coefficient (Wildman–Crippen LogP) is 4.34. The van der Waals surface area contributed by atoms with Crippen molar-refractivity contribution in [1.29, 1.82) is 0 Å². The Morgan fingerprint density at radius 2 is 2.06 bits per heavy atom. The van der Waals surface area contributed by atoms with Gasteiger partial charge in [0.05, 0.1) is 4.88 Å². The lowest BCUT2D eigenvalue weighted by Crippen LogP contribution is -1.98. The zero-order valence-electron chi connectivity index (χ0n) is 10.2. The van der Waals surface area contributed by atoms with E-state index in [-0.39, 0.29) is 5.78 Å². The van der Waals surface area contributed by atoms with Crippen LogP contribution in [0.3, 0.4) is 0 Å². The molecule has 2 heterocycles. The van der Waals surface area contributed by atoms with Gasteiger partial charge in [0.2, 0.25) is 5.78 Å². The van der Waals surface area contributed by atoms with Crippen LogP contribution in [0.1, 0.15) is 26.6 Å². The molecule has 90 valence electrons. The minimum absolute atomic E-state index is 0.0312. The predicted molar refractivity (Wildman–Crippen MR) is 73.4 cm³/mol. The van der Waals surface area contributed by atoms with E-state index in [4.69, 9.17) is 4.42 Å². The molecule has 0 amide bonds. The summed E-state index contributed by atoms with van der Waals surface area (Å²) in [7, 11) is 0. The van der Waals surface area contributed by atoms with Gasteiger partial charge in [0.1, 0.15) is 5.58 Å². The molecule has 0 atom stereocenters. The molecule has 3 aromatic rings. The van der Waals surface area contributed by atoms with Crippen molar-refractivity contribution in [3.8, 4) is 0 Å². The Kier molecular flexibility index (Phi) is 2.56. The first-order valence-corrected chi connectivity index (χ1v) is 6.63. The molecule has 0 saturated carbocycles. The number of benzene rings is 1. The number of carbonyl (C=O) groups is 1. The summed E-state index contributed by atoms with van der Waals surface area (Å²) < 4.78 is 5.70. The first kappa shape index (κ1) is 11.2. The third-order valence-corrected chi connectivity index (χ3v) is 3.91. The number of thiophene rings is 1. The van der Waals surface area contributed by atoms with Gasteiger partial charge in [-0.25, -0.2) is 0 Å². The maximum atomic E-state index is 12.3. The van der Waals surface area contributed by atoms with E-state index in [2.05, 4.69) is 6.07 Å². The molecule has 0 radical (unpaired) electrons. The molecule has 0 fully saturated rings. The van der Waals surface area contributed by atoms with E-state index in [9.17, 15) is 4.79 Å². The number of fused-ring (bicyclic) bond motifs is 1. The SMILES string of the molecule is Cc1ccc2oc(C(=O)c3cccs3)c(C)c2c1. The summed E-state index contributed by atoms with van der Waals surface area (Å²) >= 11 is 1.44. The smallest absolute Gasteiger partial charge is 0.238 e. The number of rotatable bonds is 2. The van der Waals surface area contributed by atoms with Crippen molar-refractivity contribution in [3.63, 3.8) is 0 Å². The molecule has 2 aromatic heterocycles. The van der Waals surface area contributed by atoms with E-state index in [0.717, 1.165) is 16.5 Å². The standard InChI is InChI=1S/C15H12O2S/c1-9-5-6-12-11(8-9)10(2)15(17-12)14(16)13-4-3-7-18-13/h3-8H,1-2H3. The van der Waals surface area contributed by atoms with Gasteiger partial charge in [-0.3, -0.25) is 4.79 Å². The fourth-order valence-electron chi connectivity index (χ4n) is 2.07. The van der Waals surface area contributed by atoms with Crippen LogP contribution in [-0.2, 0) is 0 Å². The van der Waals surface area contributed by atoms with Crippen LogP contribution in [0.25, 0.3) is 11.0 Å². The van der Waals surface area contributed by atoms with Crippen LogP contribution in [0.5, 0.6) is 0 Å². The minimum Gasteiger partial charge on any atom is -0.452 e. The number of aryl methyl sites for hydroxylation is 2. The van der Waals surface area contributed by atoms with E-state index in [1.165, 1.54) is 16.9 Å². The molecule has 0 aliphatic rings. The molecule has 18 heavy (non-hydrogen) atoms. The number of hydrogen-bond acceptors (Lipinski definition) is 3. The largest absolute Gasteiger partial charge is 0.452 e. The quantitative estimate of drug-likeness (QED) is 0.638. The fraction of sp³-hybridized carbons (Fsp3) is 0.133. The summed E-state index contributed by atoms with van der Waals surface area (Å²) in [4.78, 5) is 13.0. The molecule has 3 heteroatoms. The second-order valence-electron chi connectivity index (χ2n) is 4.36. The van der Waals surface area contributed by atoms with E-state index in [0.29, 0.717) is 10.6 Å². The Bertz CT molecular complexity index is 720. The Balaban J connectivity index is 2.19. The first-order chi connectivity index (χ1) is 8.66. The van der Waals surface area contributed by atoms with Crippen LogP contribution < -0.4 is 0 Å². The molecule has 0 aliphatic carbocycles. The highest BCUT2D eigenvalue weighted by Crippen LogP contribution is 2.28. The summed E-state index contributed by atoms with van der Waals surface area (Å²) in [5, 5.41) is 2.92. The highest BCUT2D eigenvalue weighted by Gasteiger charge is 2.19. The van der Waals surface area contributed by atoms with E-state index in [1.807, 2.05) is 43.5 Å². The molecular weight excluding hydrogens is 244 g/mol. The van der Waals surface area contributed by atoms with Crippen molar-refractivity contribution in [2.75, 3.05) is 0 Å². The molecule has 0 bridgehead atoms. The topological polar surface area (TPSA) is 30.2 Å². The molecule has 0 spiro atoms. The molecule has 0 N–H and O–H groups in total. The molecule has 0 saturated heterocycles. The van der Waals surface area contributed by atoms with Crippen LogP contribution in [0.15, 0.2) is 40.1 Å². The molecule has 0 unspecified atom stereocenters. The van der Waals surface area contributed by atoms with Crippen LogP contribution in [-0.4, -0.2) is 5.78 Å². The van der Waals surface area contributed by atoms with Crippen molar-refractivity contribution in [1.82, 2.24) is 0 Å². The van der Waals surface area contributed by atoms with Crippen molar-refractivity contribution >= 4 is 28.1 Å². The summed E-state index contributed by atoms with van der Waals surface area (Å²) in [6.07, 6.45) is 0. The van der Waals surface area contributed by atoms with E-state index >= 15 is 0 Å². The highest BCUT2D eigenvalue weighted by molar-refractivity contribution is 7.12. The third kappa shape index (κ3) is 1.68. The molecule has 2 nitrogen and oxygen atoms in total. The summed E-state index contributed by atoms with van der Waals surface area (Å²) in [6, 6.07) is 9.66. The zero-order valence-corrected chi connectivity index (χ0v) is 11.0. The monoisotopic (exact) mass is 256 g/mol. The lowest BCUT2D eigenvalue weighted by Gasteiger charge is -1.94. The van der Waals surface area contributed by atoms with Gasteiger partial charge in [0.15, 0.2) is 5.76 Å². The lowest BCUT2D eigenvalue weighted by molar-refractivity contribution is 0.101. The number of hydrogen-bond donors (Lipinski definition) is 0.